The van der Waals surface area contributed by atoms with Gasteiger partial charge in [0.2, 0.25) is 0 Å². The molecule has 2 rings (SSSR count). The second-order valence-corrected chi connectivity index (χ2v) is 4.78. The van der Waals surface area contributed by atoms with Crippen LogP contribution in [0.25, 0.3) is 0 Å². The number of hydrogen-bond donors (Lipinski definition) is 1. The van der Waals surface area contributed by atoms with Gasteiger partial charge in [0.25, 0.3) is 0 Å². The molecule has 0 spiro atoms. The highest BCUT2D eigenvalue weighted by molar-refractivity contribution is 5.40. The molecule has 0 radical (unpaired) electrons. The Balaban J connectivity index is 2.18. The molecule has 1 aromatic heterocycles. The minimum absolute atomic E-state index is 0.0383. The van der Waals surface area contributed by atoms with Gasteiger partial charge >= 0.3 is 0 Å². The van der Waals surface area contributed by atoms with Gasteiger partial charge in [-0.25, -0.2) is 4.98 Å². The molecular formula is C15H15N3. The number of aromatic nitrogens is 1. The van der Waals surface area contributed by atoms with Gasteiger partial charge in [-0.2, -0.15) is 5.26 Å². The van der Waals surface area contributed by atoms with E-state index in [1.165, 1.54) is 5.57 Å². The van der Waals surface area contributed by atoms with Gasteiger partial charge in [-0.05, 0) is 56.5 Å². The Hall–Kier alpha value is -2.10. The zero-order valence-corrected chi connectivity index (χ0v) is 10.6. The average Bonchev–Trinajstić information content (AvgIpc) is 2.69. The number of nitriles is 1. The number of pyridine rings is 1. The van der Waals surface area contributed by atoms with E-state index in [0.29, 0.717) is 11.3 Å². The predicted molar refractivity (Wildman–Crippen MR) is 70.6 cm³/mol. The summed E-state index contributed by atoms with van der Waals surface area (Å²) in [7, 11) is 0. The van der Waals surface area contributed by atoms with Crippen LogP contribution in [0.1, 0.15) is 31.5 Å². The van der Waals surface area contributed by atoms with Crippen LogP contribution in [0.15, 0.2) is 30.0 Å². The van der Waals surface area contributed by atoms with E-state index >= 15 is 0 Å². The first kappa shape index (κ1) is 12.4. The lowest BCUT2D eigenvalue weighted by Crippen LogP contribution is -2.33. The maximum absolute atomic E-state index is 8.78. The first-order valence-corrected chi connectivity index (χ1v) is 5.94. The Kier molecular flexibility index (Phi) is 3.46. The van der Waals surface area contributed by atoms with Crippen molar-refractivity contribution in [3.8, 4) is 17.9 Å². The molecule has 0 aromatic carbocycles. The zero-order chi connectivity index (χ0) is 13.0. The Morgan fingerprint density at radius 2 is 2.33 bits per heavy atom. The molecule has 0 saturated carbocycles. The lowest BCUT2D eigenvalue weighted by atomic mass is 9.96. The number of hydrogen-bond acceptors (Lipinski definition) is 3. The summed E-state index contributed by atoms with van der Waals surface area (Å²) in [6, 6.07) is 5.45. The molecule has 1 fully saturated rings. The molecule has 0 bridgehead atoms. The van der Waals surface area contributed by atoms with Crippen molar-refractivity contribution in [1.29, 1.82) is 5.26 Å². The number of rotatable bonds is 0. The molecule has 90 valence electrons. The maximum atomic E-state index is 8.78. The minimum atomic E-state index is 0.0383. The smallest absolute Gasteiger partial charge is 0.114 e. The summed E-state index contributed by atoms with van der Waals surface area (Å²) in [6.45, 7) is 5.31. The average molecular weight is 237 g/mol. The zero-order valence-electron chi connectivity index (χ0n) is 10.6. The second-order valence-electron chi connectivity index (χ2n) is 4.78. The standard InChI is InChI=1S/C15H15N3/c1-15(2)13(7-9-18-15)4-3-5-14-10-12(11-16)6-8-17-14/h4,6,8,10,18H,7,9H2,1-2H3/b13-4+. The summed E-state index contributed by atoms with van der Waals surface area (Å²) in [5.41, 5.74) is 2.57. The quantitative estimate of drug-likeness (QED) is 0.702. The molecule has 1 N–H and O–H groups in total. The van der Waals surface area contributed by atoms with Crippen molar-refractivity contribution in [2.24, 2.45) is 0 Å². The van der Waals surface area contributed by atoms with Crippen molar-refractivity contribution in [3.63, 3.8) is 0 Å². The van der Waals surface area contributed by atoms with Crippen molar-refractivity contribution in [1.82, 2.24) is 10.3 Å². The van der Waals surface area contributed by atoms with E-state index in [1.54, 1.807) is 18.3 Å². The van der Waals surface area contributed by atoms with Crippen LogP contribution < -0.4 is 5.32 Å². The van der Waals surface area contributed by atoms with Gasteiger partial charge in [0.05, 0.1) is 11.6 Å². The fourth-order valence-electron chi connectivity index (χ4n) is 1.95. The Labute approximate surface area is 108 Å². The van der Waals surface area contributed by atoms with E-state index in [-0.39, 0.29) is 5.54 Å². The molecule has 0 atom stereocenters. The Morgan fingerprint density at radius 1 is 1.50 bits per heavy atom. The van der Waals surface area contributed by atoms with E-state index in [2.05, 4.69) is 42.1 Å². The lowest BCUT2D eigenvalue weighted by Gasteiger charge is -2.19. The summed E-state index contributed by atoms with van der Waals surface area (Å²) in [4.78, 5) is 4.12. The Bertz CT molecular complexity index is 580. The molecule has 0 aliphatic carbocycles. The van der Waals surface area contributed by atoms with Crippen molar-refractivity contribution in [3.05, 3.63) is 41.2 Å². The van der Waals surface area contributed by atoms with Crippen LogP contribution in [-0.4, -0.2) is 17.1 Å². The van der Waals surface area contributed by atoms with Crippen molar-refractivity contribution < 1.29 is 0 Å². The number of nitrogens with one attached hydrogen (secondary N) is 1. The molecular weight excluding hydrogens is 222 g/mol. The van der Waals surface area contributed by atoms with Crippen LogP contribution in [-0.2, 0) is 0 Å². The predicted octanol–water partition coefficient (Wildman–Crippen LogP) is 2.00. The molecule has 1 aliphatic rings. The monoisotopic (exact) mass is 237 g/mol. The normalized spacial score (nSPS) is 19.1. The van der Waals surface area contributed by atoms with E-state index < -0.39 is 0 Å². The Morgan fingerprint density at radius 3 is 3.00 bits per heavy atom. The summed E-state index contributed by atoms with van der Waals surface area (Å²) in [5.74, 6) is 5.99. The van der Waals surface area contributed by atoms with Gasteiger partial charge in [-0.15, -0.1) is 0 Å². The molecule has 1 aromatic rings. The van der Waals surface area contributed by atoms with E-state index in [4.69, 9.17) is 5.26 Å². The summed E-state index contributed by atoms with van der Waals surface area (Å²) in [5, 5.41) is 12.2. The molecule has 0 unspecified atom stereocenters. The van der Waals surface area contributed by atoms with Gasteiger partial charge in [0.15, 0.2) is 0 Å². The fraction of sp³-hybridized carbons (Fsp3) is 0.333. The van der Waals surface area contributed by atoms with E-state index in [1.807, 2.05) is 6.08 Å². The third-order valence-corrected chi connectivity index (χ3v) is 3.10. The third kappa shape index (κ3) is 2.77. The van der Waals surface area contributed by atoms with Crippen LogP contribution >= 0.6 is 0 Å². The van der Waals surface area contributed by atoms with Crippen LogP contribution in [0.3, 0.4) is 0 Å². The van der Waals surface area contributed by atoms with Crippen molar-refractivity contribution in [2.75, 3.05) is 6.54 Å². The van der Waals surface area contributed by atoms with Gasteiger partial charge in [-0.1, -0.05) is 5.92 Å². The first-order valence-electron chi connectivity index (χ1n) is 5.94. The van der Waals surface area contributed by atoms with Crippen molar-refractivity contribution in [2.45, 2.75) is 25.8 Å². The summed E-state index contributed by atoms with van der Waals surface area (Å²) >= 11 is 0. The van der Waals surface area contributed by atoms with Gasteiger partial charge < -0.3 is 5.32 Å². The third-order valence-electron chi connectivity index (χ3n) is 3.10. The number of nitrogens with zero attached hydrogens (tertiary/aromatic N) is 2. The molecule has 2 heterocycles. The highest BCUT2D eigenvalue weighted by Crippen LogP contribution is 2.24. The largest absolute Gasteiger partial charge is 0.308 e. The van der Waals surface area contributed by atoms with Crippen LogP contribution in [0.4, 0.5) is 0 Å². The van der Waals surface area contributed by atoms with Crippen molar-refractivity contribution >= 4 is 0 Å². The molecule has 3 heteroatoms. The maximum Gasteiger partial charge on any atom is 0.114 e. The molecule has 0 amide bonds. The SMILES string of the molecule is CC1(C)NCC/C1=C\C#Cc1cc(C#N)ccn1. The highest BCUT2D eigenvalue weighted by atomic mass is 15.0. The second kappa shape index (κ2) is 5.04. The minimum Gasteiger partial charge on any atom is -0.308 e. The molecule has 1 saturated heterocycles. The van der Waals surface area contributed by atoms with E-state index in [9.17, 15) is 0 Å². The number of allylic oxidation sites excluding steroid dienone is 1. The molecule has 18 heavy (non-hydrogen) atoms. The molecule has 1 aliphatic heterocycles. The fourth-order valence-corrected chi connectivity index (χ4v) is 1.95. The van der Waals surface area contributed by atoms with Crippen LogP contribution in [0, 0.1) is 23.2 Å². The summed E-state index contributed by atoms with van der Waals surface area (Å²) in [6.07, 6.45) is 4.60. The van der Waals surface area contributed by atoms with E-state index in [0.717, 1.165) is 13.0 Å². The first-order chi connectivity index (χ1) is 8.62. The van der Waals surface area contributed by atoms with Gasteiger partial charge in [-0.3, -0.25) is 0 Å². The van der Waals surface area contributed by atoms with Crippen LogP contribution in [0.5, 0.6) is 0 Å². The van der Waals surface area contributed by atoms with Gasteiger partial charge in [0.1, 0.15) is 5.69 Å². The topological polar surface area (TPSA) is 48.7 Å². The summed E-state index contributed by atoms with van der Waals surface area (Å²) < 4.78 is 0. The van der Waals surface area contributed by atoms with Crippen LogP contribution in [0.2, 0.25) is 0 Å². The molecule has 3 nitrogen and oxygen atoms in total. The highest BCUT2D eigenvalue weighted by Gasteiger charge is 2.27. The lowest BCUT2D eigenvalue weighted by molar-refractivity contribution is 0.528. The van der Waals surface area contributed by atoms with Gasteiger partial charge in [0, 0.05) is 11.7 Å².